The Bertz CT molecular complexity index is 655. The van der Waals surface area contributed by atoms with Gasteiger partial charge >= 0.3 is 0 Å². The van der Waals surface area contributed by atoms with E-state index >= 15 is 0 Å². The van der Waals surface area contributed by atoms with Crippen LogP contribution in [0.3, 0.4) is 0 Å². The van der Waals surface area contributed by atoms with Crippen molar-refractivity contribution in [3.8, 4) is 0 Å². The molecule has 0 radical (unpaired) electrons. The van der Waals surface area contributed by atoms with Crippen molar-refractivity contribution < 1.29 is 4.79 Å². The molecule has 3 nitrogen and oxygen atoms in total. The number of nitrogens with zero attached hydrogens (tertiary/aromatic N) is 2. The number of pyridine rings is 1. The van der Waals surface area contributed by atoms with Gasteiger partial charge in [-0.1, -0.05) is 22.0 Å². The zero-order chi connectivity index (χ0) is 15.4. The van der Waals surface area contributed by atoms with E-state index in [1.807, 2.05) is 62.1 Å². The van der Waals surface area contributed by atoms with Gasteiger partial charge in [0.1, 0.15) is 0 Å². The van der Waals surface area contributed by atoms with E-state index in [0.29, 0.717) is 18.7 Å². The van der Waals surface area contributed by atoms with Crippen molar-refractivity contribution in [3.05, 3.63) is 63.4 Å². The third-order valence-electron chi connectivity index (χ3n) is 3.37. The predicted octanol–water partition coefficient (Wildman–Crippen LogP) is 4.12. The summed E-state index contributed by atoms with van der Waals surface area (Å²) < 4.78 is 1.02. The molecule has 0 fully saturated rings. The molecule has 2 aromatic rings. The molecule has 1 amide bonds. The van der Waals surface area contributed by atoms with Crippen molar-refractivity contribution in [1.82, 2.24) is 9.88 Å². The molecule has 0 saturated carbocycles. The van der Waals surface area contributed by atoms with Crippen molar-refractivity contribution >= 4 is 21.8 Å². The zero-order valence-corrected chi connectivity index (χ0v) is 14.1. The SMILES string of the molecule is CCN(Cc1cccc(C)n1)C(=O)c1ccc(Br)c(C)c1. The van der Waals surface area contributed by atoms with Gasteiger partial charge in [0.25, 0.3) is 5.91 Å². The quantitative estimate of drug-likeness (QED) is 0.833. The first-order valence-electron chi connectivity index (χ1n) is 6.99. The van der Waals surface area contributed by atoms with Gasteiger partial charge in [-0.15, -0.1) is 0 Å². The van der Waals surface area contributed by atoms with Crippen molar-refractivity contribution in [2.24, 2.45) is 0 Å². The maximum atomic E-state index is 12.6. The van der Waals surface area contributed by atoms with E-state index in [1.54, 1.807) is 0 Å². The number of aryl methyl sites for hydroxylation is 2. The Kier molecular flexibility index (Phi) is 5.12. The van der Waals surface area contributed by atoms with Crippen LogP contribution in [0.15, 0.2) is 40.9 Å². The van der Waals surface area contributed by atoms with Gasteiger partial charge in [0, 0.05) is 22.3 Å². The highest BCUT2D eigenvalue weighted by molar-refractivity contribution is 9.10. The van der Waals surface area contributed by atoms with Gasteiger partial charge in [-0.3, -0.25) is 9.78 Å². The summed E-state index contributed by atoms with van der Waals surface area (Å²) in [6, 6.07) is 11.6. The molecule has 4 heteroatoms. The van der Waals surface area contributed by atoms with E-state index < -0.39 is 0 Å². The van der Waals surface area contributed by atoms with Crippen molar-refractivity contribution in [1.29, 1.82) is 0 Å². The molecule has 0 bridgehead atoms. The number of carbonyl (C=O) groups excluding carboxylic acids is 1. The number of hydrogen-bond acceptors (Lipinski definition) is 2. The summed E-state index contributed by atoms with van der Waals surface area (Å²) in [4.78, 5) is 18.9. The average Bonchev–Trinajstić information content (AvgIpc) is 2.47. The molecule has 1 aromatic carbocycles. The maximum absolute atomic E-state index is 12.6. The Hall–Kier alpha value is -1.68. The van der Waals surface area contributed by atoms with Gasteiger partial charge in [-0.2, -0.15) is 0 Å². The molecule has 0 unspecified atom stereocenters. The summed E-state index contributed by atoms with van der Waals surface area (Å²) in [5, 5.41) is 0. The lowest BCUT2D eigenvalue weighted by Gasteiger charge is -2.21. The highest BCUT2D eigenvalue weighted by Gasteiger charge is 2.15. The molecule has 0 aliphatic heterocycles. The first kappa shape index (κ1) is 15.7. The number of benzene rings is 1. The Balaban J connectivity index is 2.20. The van der Waals surface area contributed by atoms with Crippen molar-refractivity contribution in [2.75, 3.05) is 6.54 Å². The Morgan fingerprint density at radius 3 is 2.62 bits per heavy atom. The topological polar surface area (TPSA) is 33.2 Å². The van der Waals surface area contributed by atoms with Gasteiger partial charge in [0.2, 0.25) is 0 Å². The molecule has 110 valence electrons. The fraction of sp³-hybridized carbons (Fsp3) is 0.294. The molecule has 1 aromatic heterocycles. The first-order valence-corrected chi connectivity index (χ1v) is 7.78. The average molecular weight is 347 g/mol. The van der Waals surface area contributed by atoms with Crippen LogP contribution in [-0.4, -0.2) is 22.3 Å². The zero-order valence-electron chi connectivity index (χ0n) is 12.6. The smallest absolute Gasteiger partial charge is 0.254 e. The van der Waals surface area contributed by atoms with Crippen LogP contribution in [-0.2, 0) is 6.54 Å². The largest absolute Gasteiger partial charge is 0.333 e. The van der Waals surface area contributed by atoms with Crippen LogP contribution in [0.2, 0.25) is 0 Å². The lowest BCUT2D eigenvalue weighted by Crippen LogP contribution is -2.30. The van der Waals surface area contributed by atoms with Gasteiger partial charge in [0.15, 0.2) is 0 Å². The first-order chi connectivity index (χ1) is 10.0. The Morgan fingerprint density at radius 2 is 2.00 bits per heavy atom. The highest BCUT2D eigenvalue weighted by Crippen LogP contribution is 2.18. The Labute approximate surface area is 134 Å². The minimum absolute atomic E-state index is 0.0383. The van der Waals surface area contributed by atoms with E-state index in [4.69, 9.17) is 0 Å². The lowest BCUT2D eigenvalue weighted by atomic mass is 10.1. The van der Waals surface area contributed by atoms with E-state index in [1.165, 1.54) is 0 Å². The molecule has 1 heterocycles. The summed E-state index contributed by atoms with van der Waals surface area (Å²) in [7, 11) is 0. The third kappa shape index (κ3) is 3.91. The minimum Gasteiger partial charge on any atom is -0.333 e. The van der Waals surface area contributed by atoms with Crippen LogP contribution >= 0.6 is 15.9 Å². The van der Waals surface area contributed by atoms with Crippen LogP contribution in [0, 0.1) is 13.8 Å². The molecule has 0 aliphatic carbocycles. The minimum atomic E-state index is 0.0383. The number of amides is 1. The summed E-state index contributed by atoms with van der Waals surface area (Å²) >= 11 is 3.46. The van der Waals surface area contributed by atoms with Gasteiger partial charge in [-0.05, 0) is 56.7 Å². The van der Waals surface area contributed by atoms with E-state index in [0.717, 1.165) is 21.4 Å². The predicted molar refractivity (Wildman–Crippen MR) is 88.3 cm³/mol. The summed E-state index contributed by atoms with van der Waals surface area (Å²) in [5.74, 6) is 0.0383. The monoisotopic (exact) mass is 346 g/mol. The second kappa shape index (κ2) is 6.85. The molecule has 0 N–H and O–H groups in total. The molecule has 21 heavy (non-hydrogen) atoms. The van der Waals surface area contributed by atoms with Crippen molar-refractivity contribution in [2.45, 2.75) is 27.3 Å². The molecular formula is C17H19BrN2O. The van der Waals surface area contributed by atoms with Gasteiger partial charge in [0.05, 0.1) is 12.2 Å². The second-order valence-electron chi connectivity index (χ2n) is 5.05. The Morgan fingerprint density at radius 1 is 1.24 bits per heavy atom. The van der Waals surface area contributed by atoms with Crippen LogP contribution in [0.25, 0.3) is 0 Å². The number of carbonyl (C=O) groups is 1. The number of hydrogen-bond donors (Lipinski definition) is 0. The summed E-state index contributed by atoms with van der Waals surface area (Å²) in [6.45, 7) is 7.12. The summed E-state index contributed by atoms with van der Waals surface area (Å²) in [5.41, 5.74) is 3.66. The fourth-order valence-corrected chi connectivity index (χ4v) is 2.42. The van der Waals surface area contributed by atoms with E-state index in [2.05, 4.69) is 20.9 Å². The standard InChI is InChI=1S/C17H19BrN2O/c1-4-20(11-15-7-5-6-13(3)19-15)17(21)14-8-9-16(18)12(2)10-14/h5-10H,4,11H2,1-3H3. The van der Waals surface area contributed by atoms with Crippen LogP contribution < -0.4 is 0 Å². The second-order valence-corrected chi connectivity index (χ2v) is 5.91. The molecule has 0 atom stereocenters. The summed E-state index contributed by atoms with van der Waals surface area (Å²) in [6.07, 6.45) is 0. The van der Waals surface area contributed by atoms with Crippen LogP contribution in [0.1, 0.15) is 34.2 Å². The molecule has 2 rings (SSSR count). The van der Waals surface area contributed by atoms with Gasteiger partial charge in [-0.25, -0.2) is 0 Å². The molecule has 0 aliphatic rings. The lowest BCUT2D eigenvalue weighted by molar-refractivity contribution is 0.0750. The third-order valence-corrected chi connectivity index (χ3v) is 4.26. The van der Waals surface area contributed by atoms with Crippen LogP contribution in [0.5, 0.6) is 0 Å². The maximum Gasteiger partial charge on any atom is 0.254 e. The normalized spacial score (nSPS) is 10.5. The molecular weight excluding hydrogens is 328 g/mol. The van der Waals surface area contributed by atoms with E-state index in [9.17, 15) is 4.79 Å². The van der Waals surface area contributed by atoms with Crippen molar-refractivity contribution in [3.63, 3.8) is 0 Å². The van der Waals surface area contributed by atoms with Crippen LogP contribution in [0.4, 0.5) is 0 Å². The van der Waals surface area contributed by atoms with E-state index in [-0.39, 0.29) is 5.91 Å². The molecule has 0 spiro atoms. The number of aromatic nitrogens is 1. The highest BCUT2D eigenvalue weighted by atomic mass is 79.9. The number of halogens is 1. The molecule has 0 saturated heterocycles. The fourth-order valence-electron chi connectivity index (χ4n) is 2.17. The van der Waals surface area contributed by atoms with Gasteiger partial charge < -0.3 is 4.90 Å². The number of rotatable bonds is 4.